The summed E-state index contributed by atoms with van der Waals surface area (Å²) in [5.74, 6) is 0.00770. The number of hydrogen-bond acceptors (Lipinski definition) is 4. The first kappa shape index (κ1) is 17.9. The van der Waals surface area contributed by atoms with Crippen molar-refractivity contribution in [1.29, 1.82) is 0 Å². The van der Waals surface area contributed by atoms with Gasteiger partial charge in [0.2, 0.25) is 5.91 Å². The predicted molar refractivity (Wildman–Crippen MR) is 97.2 cm³/mol. The molecule has 0 unspecified atom stereocenters. The van der Waals surface area contributed by atoms with Crippen molar-refractivity contribution in [3.63, 3.8) is 0 Å². The van der Waals surface area contributed by atoms with Crippen molar-refractivity contribution < 1.29 is 14.3 Å². The van der Waals surface area contributed by atoms with E-state index in [9.17, 15) is 4.79 Å². The smallest absolute Gasteiger partial charge is 0.238 e. The highest BCUT2D eigenvalue weighted by Gasteiger charge is 2.25. The molecule has 0 bridgehead atoms. The van der Waals surface area contributed by atoms with Crippen LogP contribution in [0.4, 0.5) is 5.69 Å². The van der Waals surface area contributed by atoms with Crippen molar-refractivity contribution >= 4 is 27.5 Å². The molecule has 5 nitrogen and oxygen atoms in total. The fraction of sp³-hybridized carbons (Fsp3) is 0.611. The van der Waals surface area contributed by atoms with Gasteiger partial charge in [0.25, 0.3) is 0 Å². The Morgan fingerprint density at radius 1 is 1.08 bits per heavy atom. The van der Waals surface area contributed by atoms with Gasteiger partial charge in [-0.25, -0.2) is 0 Å². The van der Waals surface area contributed by atoms with Crippen LogP contribution in [-0.4, -0.2) is 55.9 Å². The number of nitrogens with one attached hydrogen (secondary N) is 1. The van der Waals surface area contributed by atoms with Gasteiger partial charge in [0.1, 0.15) is 0 Å². The van der Waals surface area contributed by atoms with Crippen LogP contribution in [-0.2, 0) is 14.3 Å². The molecular weight excluding hydrogens is 372 g/mol. The van der Waals surface area contributed by atoms with Gasteiger partial charge in [-0.3, -0.25) is 9.69 Å². The molecular formula is C18H25BrN2O3. The molecule has 1 N–H and O–H groups in total. The average Bonchev–Trinajstić information content (AvgIpc) is 3.23. The number of carbonyl (C=O) groups excluding carboxylic acids is 1. The third kappa shape index (κ3) is 5.55. The van der Waals surface area contributed by atoms with Gasteiger partial charge in [-0.05, 0) is 49.9 Å². The van der Waals surface area contributed by atoms with E-state index < -0.39 is 0 Å². The molecule has 2 fully saturated rings. The summed E-state index contributed by atoms with van der Waals surface area (Å²) in [6, 6.07) is 7.64. The molecule has 0 saturated carbocycles. The molecule has 0 aliphatic carbocycles. The first-order chi connectivity index (χ1) is 11.7. The molecule has 2 atom stereocenters. The molecule has 1 aromatic carbocycles. The van der Waals surface area contributed by atoms with E-state index in [0.717, 1.165) is 62.1 Å². The number of anilines is 1. The van der Waals surface area contributed by atoms with Crippen LogP contribution in [0, 0.1) is 0 Å². The Morgan fingerprint density at radius 2 is 1.67 bits per heavy atom. The highest BCUT2D eigenvalue weighted by Crippen LogP contribution is 2.18. The molecule has 0 radical (unpaired) electrons. The Balaban J connectivity index is 1.54. The van der Waals surface area contributed by atoms with Gasteiger partial charge in [0.05, 0.1) is 18.8 Å². The van der Waals surface area contributed by atoms with Crippen molar-refractivity contribution in [1.82, 2.24) is 4.90 Å². The van der Waals surface area contributed by atoms with Crippen LogP contribution in [0.2, 0.25) is 0 Å². The largest absolute Gasteiger partial charge is 0.377 e. The van der Waals surface area contributed by atoms with Crippen molar-refractivity contribution in [2.75, 3.05) is 38.2 Å². The maximum atomic E-state index is 12.4. The normalized spacial score (nSPS) is 23.8. The highest BCUT2D eigenvalue weighted by molar-refractivity contribution is 9.10. The number of amides is 1. The Labute approximate surface area is 151 Å². The Kier molecular flexibility index (Phi) is 6.66. The number of carbonyl (C=O) groups is 1. The number of benzene rings is 1. The third-order valence-corrected chi connectivity index (χ3v) is 5.00. The van der Waals surface area contributed by atoms with Crippen molar-refractivity contribution in [2.45, 2.75) is 37.9 Å². The quantitative estimate of drug-likeness (QED) is 0.769. The van der Waals surface area contributed by atoms with Gasteiger partial charge in [0.15, 0.2) is 0 Å². The molecule has 1 amide bonds. The lowest BCUT2D eigenvalue weighted by Gasteiger charge is -2.27. The molecule has 3 rings (SSSR count). The highest BCUT2D eigenvalue weighted by atomic mass is 79.9. The predicted octanol–water partition coefficient (Wildman–Crippen LogP) is 3.05. The lowest BCUT2D eigenvalue weighted by atomic mass is 10.2. The van der Waals surface area contributed by atoms with Crippen LogP contribution in [0.3, 0.4) is 0 Å². The summed E-state index contributed by atoms with van der Waals surface area (Å²) in [7, 11) is 0. The molecule has 2 heterocycles. The van der Waals surface area contributed by atoms with Crippen molar-refractivity contribution in [3.8, 4) is 0 Å². The first-order valence-electron chi connectivity index (χ1n) is 8.70. The van der Waals surface area contributed by atoms with E-state index in [1.807, 2.05) is 24.3 Å². The zero-order valence-corrected chi connectivity index (χ0v) is 15.5. The second-order valence-electron chi connectivity index (χ2n) is 6.52. The zero-order valence-electron chi connectivity index (χ0n) is 13.9. The van der Waals surface area contributed by atoms with Crippen molar-refractivity contribution in [3.05, 3.63) is 28.7 Å². The van der Waals surface area contributed by atoms with E-state index in [-0.39, 0.29) is 18.1 Å². The number of ether oxygens (including phenoxy) is 2. The maximum Gasteiger partial charge on any atom is 0.238 e. The van der Waals surface area contributed by atoms with Crippen LogP contribution >= 0.6 is 15.9 Å². The molecule has 0 aromatic heterocycles. The minimum Gasteiger partial charge on any atom is -0.377 e. The Morgan fingerprint density at radius 3 is 2.17 bits per heavy atom. The van der Waals surface area contributed by atoms with Crippen LogP contribution in [0.5, 0.6) is 0 Å². The summed E-state index contributed by atoms with van der Waals surface area (Å²) in [5, 5.41) is 2.97. The minimum atomic E-state index is 0.00770. The fourth-order valence-electron chi connectivity index (χ4n) is 3.29. The molecule has 6 heteroatoms. The molecule has 1 aromatic rings. The Bertz CT molecular complexity index is 508. The van der Waals surface area contributed by atoms with Gasteiger partial charge in [-0.1, -0.05) is 15.9 Å². The van der Waals surface area contributed by atoms with Gasteiger partial charge in [0, 0.05) is 36.5 Å². The summed E-state index contributed by atoms with van der Waals surface area (Å²) in [4.78, 5) is 14.6. The number of nitrogens with zero attached hydrogens (tertiary/aromatic N) is 1. The molecule has 2 saturated heterocycles. The zero-order chi connectivity index (χ0) is 16.8. The molecule has 2 aliphatic rings. The van der Waals surface area contributed by atoms with Crippen LogP contribution in [0.1, 0.15) is 25.7 Å². The topological polar surface area (TPSA) is 50.8 Å². The first-order valence-corrected chi connectivity index (χ1v) is 9.49. The molecule has 2 aliphatic heterocycles. The summed E-state index contributed by atoms with van der Waals surface area (Å²) in [6.45, 7) is 3.64. The van der Waals surface area contributed by atoms with Crippen LogP contribution < -0.4 is 5.32 Å². The Hall–Kier alpha value is -0.950. The van der Waals surface area contributed by atoms with E-state index in [0.29, 0.717) is 6.54 Å². The maximum absolute atomic E-state index is 12.4. The molecule has 0 spiro atoms. The van der Waals surface area contributed by atoms with E-state index in [2.05, 4.69) is 26.1 Å². The summed E-state index contributed by atoms with van der Waals surface area (Å²) in [5.41, 5.74) is 0.817. The lowest BCUT2D eigenvalue weighted by Crippen LogP contribution is -2.42. The average molecular weight is 397 g/mol. The summed E-state index contributed by atoms with van der Waals surface area (Å²) >= 11 is 3.40. The van der Waals surface area contributed by atoms with Gasteiger partial charge in [-0.15, -0.1) is 0 Å². The fourth-order valence-corrected chi connectivity index (χ4v) is 3.56. The summed E-state index contributed by atoms with van der Waals surface area (Å²) in [6.07, 6.45) is 4.87. The standard InChI is InChI=1S/C18H25BrN2O3/c19-14-5-7-15(8-6-14)20-18(22)13-21(11-16-3-1-9-23-16)12-17-4-2-10-24-17/h5-8,16-17H,1-4,9-13H2,(H,20,22)/t16-,17-/m0/s1. The van der Waals surface area contributed by atoms with E-state index in [1.54, 1.807) is 0 Å². The van der Waals surface area contributed by atoms with Crippen molar-refractivity contribution in [2.24, 2.45) is 0 Å². The van der Waals surface area contributed by atoms with Crippen LogP contribution in [0.25, 0.3) is 0 Å². The van der Waals surface area contributed by atoms with Gasteiger partial charge in [-0.2, -0.15) is 0 Å². The number of hydrogen-bond donors (Lipinski definition) is 1. The number of halogens is 1. The van der Waals surface area contributed by atoms with E-state index in [4.69, 9.17) is 9.47 Å². The third-order valence-electron chi connectivity index (χ3n) is 4.47. The summed E-state index contributed by atoms with van der Waals surface area (Å²) < 4.78 is 12.5. The number of rotatable bonds is 7. The molecule has 24 heavy (non-hydrogen) atoms. The lowest BCUT2D eigenvalue weighted by molar-refractivity contribution is -0.118. The minimum absolute atomic E-state index is 0.00770. The van der Waals surface area contributed by atoms with Gasteiger partial charge < -0.3 is 14.8 Å². The SMILES string of the molecule is O=C(CN(C[C@@H]1CCCO1)C[C@@H]1CCCO1)Nc1ccc(Br)cc1. The van der Waals surface area contributed by atoms with E-state index >= 15 is 0 Å². The van der Waals surface area contributed by atoms with Gasteiger partial charge >= 0.3 is 0 Å². The monoisotopic (exact) mass is 396 g/mol. The van der Waals surface area contributed by atoms with E-state index in [1.165, 1.54) is 0 Å². The second-order valence-corrected chi connectivity index (χ2v) is 7.43. The molecule has 132 valence electrons. The van der Waals surface area contributed by atoms with Crippen LogP contribution in [0.15, 0.2) is 28.7 Å². The second kappa shape index (κ2) is 8.94.